The van der Waals surface area contributed by atoms with Crippen LogP contribution >= 0.6 is 0 Å². The first kappa shape index (κ1) is 14.3. The number of carbonyl (C=O) groups is 1. The first-order valence-electron chi connectivity index (χ1n) is 6.84. The molecule has 1 saturated heterocycles. The minimum Gasteiger partial charge on any atom is -0.368 e. The first-order chi connectivity index (χ1) is 9.60. The van der Waals surface area contributed by atoms with Gasteiger partial charge in [-0.25, -0.2) is 0 Å². The fourth-order valence-corrected chi connectivity index (χ4v) is 2.14. The molecule has 20 heavy (non-hydrogen) atoms. The first-order valence-corrected chi connectivity index (χ1v) is 6.84. The van der Waals surface area contributed by atoms with Gasteiger partial charge in [0, 0.05) is 26.7 Å². The number of nitrogens with one attached hydrogen (secondary N) is 1. The Hall–Kier alpha value is -2.12. The number of hydrogen-bond acceptors (Lipinski definition) is 7. The minimum absolute atomic E-state index is 0.0725. The summed E-state index contributed by atoms with van der Waals surface area (Å²) in [6, 6.07) is 0. The third kappa shape index (κ3) is 3.46. The van der Waals surface area contributed by atoms with E-state index < -0.39 is 0 Å². The molecule has 2 heterocycles. The van der Waals surface area contributed by atoms with Crippen molar-refractivity contribution in [1.29, 1.82) is 0 Å². The van der Waals surface area contributed by atoms with E-state index in [0.29, 0.717) is 18.4 Å². The molecule has 1 fully saturated rings. The predicted molar refractivity (Wildman–Crippen MR) is 77.6 cm³/mol. The monoisotopic (exact) mass is 279 g/mol. The van der Waals surface area contributed by atoms with Gasteiger partial charge in [0.15, 0.2) is 0 Å². The van der Waals surface area contributed by atoms with Crippen molar-refractivity contribution >= 4 is 23.8 Å². The number of rotatable bonds is 5. The average Bonchev–Trinajstić information content (AvgIpc) is 2.92. The summed E-state index contributed by atoms with van der Waals surface area (Å²) >= 11 is 0. The zero-order chi connectivity index (χ0) is 14.5. The van der Waals surface area contributed by atoms with E-state index >= 15 is 0 Å². The summed E-state index contributed by atoms with van der Waals surface area (Å²) in [4.78, 5) is 28.0. The van der Waals surface area contributed by atoms with Crippen LogP contribution < -0.4 is 20.9 Å². The Bertz CT molecular complexity index is 473. The maximum absolute atomic E-state index is 11.6. The molecule has 0 unspecified atom stereocenters. The summed E-state index contributed by atoms with van der Waals surface area (Å²) in [6.07, 6.45) is 2.27. The number of hydrogen-bond donors (Lipinski definition) is 2. The molecule has 8 nitrogen and oxygen atoms in total. The Morgan fingerprint density at radius 1 is 1.35 bits per heavy atom. The van der Waals surface area contributed by atoms with Crippen molar-refractivity contribution in [2.24, 2.45) is 0 Å². The molecule has 8 heteroatoms. The standard InChI is InChI=1S/C12H21N7O/c1-3-14-9(20)8-18(2)11-15-10(13)16-12(17-11)19-6-4-5-7-19/h3-8H2,1-2H3,(H,14,20)(H2,13,15,16,17). The van der Waals surface area contributed by atoms with Gasteiger partial charge in [-0.15, -0.1) is 0 Å². The number of amides is 1. The molecule has 3 N–H and O–H groups in total. The summed E-state index contributed by atoms with van der Waals surface area (Å²) in [7, 11) is 1.76. The van der Waals surface area contributed by atoms with Crippen molar-refractivity contribution in [3.05, 3.63) is 0 Å². The Morgan fingerprint density at radius 2 is 2.05 bits per heavy atom. The van der Waals surface area contributed by atoms with Crippen LogP contribution in [0.2, 0.25) is 0 Å². The number of carbonyl (C=O) groups excluding carboxylic acids is 1. The third-order valence-corrected chi connectivity index (χ3v) is 3.11. The van der Waals surface area contributed by atoms with Crippen LogP contribution in [0, 0.1) is 0 Å². The van der Waals surface area contributed by atoms with Gasteiger partial charge >= 0.3 is 0 Å². The maximum Gasteiger partial charge on any atom is 0.239 e. The highest BCUT2D eigenvalue weighted by molar-refractivity contribution is 5.80. The van der Waals surface area contributed by atoms with Crippen LogP contribution in [0.5, 0.6) is 0 Å². The SMILES string of the molecule is CCNC(=O)CN(C)c1nc(N)nc(N2CCCC2)n1. The van der Waals surface area contributed by atoms with Crippen molar-refractivity contribution < 1.29 is 4.79 Å². The molecular weight excluding hydrogens is 258 g/mol. The molecule has 0 aromatic carbocycles. The van der Waals surface area contributed by atoms with E-state index in [2.05, 4.69) is 25.2 Å². The summed E-state index contributed by atoms with van der Waals surface area (Å²) in [5.41, 5.74) is 5.74. The lowest BCUT2D eigenvalue weighted by molar-refractivity contribution is -0.119. The van der Waals surface area contributed by atoms with Crippen LogP contribution in [0.25, 0.3) is 0 Å². The van der Waals surface area contributed by atoms with Gasteiger partial charge in [0.05, 0.1) is 6.54 Å². The van der Waals surface area contributed by atoms with E-state index in [1.54, 1.807) is 11.9 Å². The second-order valence-electron chi connectivity index (χ2n) is 4.80. The van der Waals surface area contributed by atoms with E-state index in [-0.39, 0.29) is 18.4 Å². The summed E-state index contributed by atoms with van der Waals surface area (Å²) < 4.78 is 0. The Balaban J connectivity index is 2.12. The third-order valence-electron chi connectivity index (χ3n) is 3.11. The molecule has 1 aliphatic heterocycles. The number of likely N-dealkylation sites (N-methyl/N-ethyl adjacent to an activating group) is 2. The fourth-order valence-electron chi connectivity index (χ4n) is 2.14. The lowest BCUT2D eigenvalue weighted by Crippen LogP contribution is -2.36. The second-order valence-corrected chi connectivity index (χ2v) is 4.80. The maximum atomic E-state index is 11.6. The summed E-state index contributed by atoms with van der Waals surface area (Å²) in [6.45, 7) is 4.54. The lowest BCUT2D eigenvalue weighted by Gasteiger charge is -2.20. The summed E-state index contributed by atoms with van der Waals surface area (Å²) in [5, 5.41) is 2.74. The number of nitrogen functional groups attached to an aromatic ring is 1. The molecule has 0 aliphatic carbocycles. The number of nitrogens with two attached hydrogens (primary N) is 1. The van der Waals surface area contributed by atoms with Crippen LogP contribution in [-0.2, 0) is 4.79 Å². The smallest absolute Gasteiger partial charge is 0.239 e. The van der Waals surface area contributed by atoms with Crippen LogP contribution in [0.1, 0.15) is 19.8 Å². The van der Waals surface area contributed by atoms with Crippen LogP contribution in [-0.4, -0.2) is 54.1 Å². The molecule has 1 amide bonds. The number of nitrogens with zero attached hydrogens (tertiary/aromatic N) is 5. The Labute approximate surface area is 118 Å². The van der Waals surface area contributed by atoms with Crippen molar-refractivity contribution in [3.8, 4) is 0 Å². The molecule has 110 valence electrons. The van der Waals surface area contributed by atoms with Crippen LogP contribution in [0.15, 0.2) is 0 Å². The van der Waals surface area contributed by atoms with Crippen molar-refractivity contribution in [3.63, 3.8) is 0 Å². The molecule has 1 aromatic heterocycles. The van der Waals surface area contributed by atoms with Gasteiger partial charge in [-0.2, -0.15) is 15.0 Å². The molecule has 1 aliphatic rings. The highest BCUT2D eigenvalue weighted by Gasteiger charge is 2.18. The van der Waals surface area contributed by atoms with E-state index in [9.17, 15) is 4.79 Å². The topological polar surface area (TPSA) is 100 Å². The Kier molecular flexibility index (Phi) is 4.54. The van der Waals surface area contributed by atoms with E-state index in [4.69, 9.17) is 5.73 Å². The molecule has 0 bridgehead atoms. The van der Waals surface area contributed by atoms with Crippen LogP contribution in [0.4, 0.5) is 17.8 Å². The highest BCUT2D eigenvalue weighted by Crippen LogP contribution is 2.18. The van der Waals surface area contributed by atoms with Gasteiger partial charge in [0.2, 0.25) is 23.8 Å². The zero-order valence-corrected chi connectivity index (χ0v) is 12.0. The van der Waals surface area contributed by atoms with Gasteiger partial charge in [-0.1, -0.05) is 0 Å². The van der Waals surface area contributed by atoms with E-state index in [1.807, 2.05) is 6.92 Å². The molecule has 0 atom stereocenters. The van der Waals surface area contributed by atoms with Gasteiger partial charge in [-0.3, -0.25) is 4.79 Å². The quantitative estimate of drug-likeness (QED) is 0.758. The number of anilines is 3. The lowest BCUT2D eigenvalue weighted by atomic mass is 10.4. The molecule has 1 aromatic rings. The van der Waals surface area contributed by atoms with Crippen molar-refractivity contribution in [2.75, 3.05) is 48.8 Å². The van der Waals surface area contributed by atoms with Crippen LogP contribution in [0.3, 0.4) is 0 Å². The fraction of sp³-hybridized carbons (Fsp3) is 0.667. The molecular formula is C12H21N7O. The molecule has 2 rings (SSSR count). The normalized spacial score (nSPS) is 14.4. The predicted octanol–water partition coefficient (Wildman–Crippen LogP) is -0.374. The van der Waals surface area contributed by atoms with Crippen molar-refractivity contribution in [1.82, 2.24) is 20.3 Å². The molecule has 0 spiro atoms. The van der Waals surface area contributed by atoms with Gasteiger partial charge in [0.25, 0.3) is 0 Å². The number of aromatic nitrogens is 3. The Morgan fingerprint density at radius 3 is 2.70 bits per heavy atom. The van der Waals surface area contributed by atoms with Gasteiger partial charge in [-0.05, 0) is 19.8 Å². The van der Waals surface area contributed by atoms with Gasteiger partial charge in [0.1, 0.15) is 0 Å². The molecule has 0 saturated carbocycles. The van der Waals surface area contributed by atoms with Crippen molar-refractivity contribution in [2.45, 2.75) is 19.8 Å². The van der Waals surface area contributed by atoms with E-state index in [1.165, 1.54) is 0 Å². The second kappa shape index (κ2) is 6.36. The molecule has 0 radical (unpaired) electrons. The zero-order valence-electron chi connectivity index (χ0n) is 12.0. The van der Waals surface area contributed by atoms with E-state index in [0.717, 1.165) is 25.9 Å². The van der Waals surface area contributed by atoms with Gasteiger partial charge < -0.3 is 20.9 Å². The minimum atomic E-state index is -0.0725. The average molecular weight is 279 g/mol. The summed E-state index contributed by atoms with van der Waals surface area (Å²) in [5.74, 6) is 1.12. The largest absolute Gasteiger partial charge is 0.368 e. The highest BCUT2D eigenvalue weighted by atomic mass is 16.2.